The van der Waals surface area contributed by atoms with Crippen molar-refractivity contribution in [3.63, 3.8) is 0 Å². The fraction of sp³-hybridized carbons (Fsp3) is 0.200. The van der Waals surface area contributed by atoms with Crippen LogP contribution in [0.2, 0.25) is 0 Å². The Labute approximate surface area is 123 Å². The van der Waals surface area contributed by atoms with Crippen LogP contribution in [0.4, 0.5) is 17.1 Å². The largest absolute Gasteiger partial charge is 0.409 e. The lowest BCUT2D eigenvalue weighted by atomic mass is 10.1. The van der Waals surface area contributed by atoms with Gasteiger partial charge in [0.05, 0.1) is 11.4 Å². The van der Waals surface area contributed by atoms with E-state index in [1.165, 1.54) is 5.69 Å². The lowest BCUT2D eigenvalue weighted by Crippen LogP contribution is -2.36. The molecule has 2 aromatic rings. The monoisotopic (exact) mass is 283 g/mol. The molecule has 0 atom stereocenters. The third-order valence-electron chi connectivity index (χ3n) is 3.67. The Morgan fingerprint density at radius 3 is 2.76 bits per heavy atom. The molecule has 108 valence electrons. The van der Waals surface area contributed by atoms with E-state index in [0.29, 0.717) is 5.69 Å². The number of hydrogen-bond acceptors (Lipinski definition) is 5. The normalized spacial score (nSPS) is 15.0. The number of anilines is 3. The van der Waals surface area contributed by atoms with Crippen LogP contribution in [-0.2, 0) is 0 Å². The van der Waals surface area contributed by atoms with Crippen molar-refractivity contribution < 1.29 is 5.21 Å². The molecule has 0 saturated carbocycles. The van der Waals surface area contributed by atoms with Crippen molar-refractivity contribution in [3.8, 4) is 0 Å². The highest BCUT2D eigenvalue weighted by Crippen LogP contribution is 2.36. The third kappa shape index (κ3) is 2.35. The van der Waals surface area contributed by atoms with Crippen LogP contribution in [0.25, 0.3) is 0 Å². The Kier molecular flexibility index (Phi) is 3.35. The first-order valence-electron chi connectivity index (χ1n) is 6.72. The zero-order valence-corrected chi connectivity index (χ0v) is 11.8. The predicted octanol–water partition coefficient (Wildman–Crippen LogP) is 1.76. The molecular weight excluding hydrogens is 266 g/mol. The van der Waals surface area contributed by atoms with Crippen molar-refractivity contribution in [2.24, 2.45) is 10.9 Å². The van der Waals surface area contributed by atoms with Gasteiger partial charge in [-0.15, -0.1) is 0 Å². The van der Waals surface area contributed by atoms with Gasteiger partial charge in [0.2, 0.25) is 0 Å². The second kappa shape index (κ2) is 5.32. The molecule has 6 heteroatoms. The summed E-state index contributed by atoms with van der Waals surface area (Å²) in [6.45, 7) is 1.80. The summed E-state index contributed by atoms with van der Waals surface area (Å²) in [5, 5.41) is 11.8. The quantitative estimate of drug-likeness (QED) is 0.380. The molecule has 3 N–H and O–H groups in total. The highest BCUT2D eigenvalue weighted by atomic mass is 16.4. The summed E-state index contributed by atoms with van der Waals surface area (Å²) in [5.74, 6) is 0.0132. The Bertz CT molecular complexity index is 685. The molecule has 1 aliphatic rings. The number of fused-ring (bicyclic) bond motifs is 1. The van der Waals surface area contributed by atoms with Gasteiger partial charge in [0, 0.05) is 32.0 Å². The summed E-state index contributed by atoms with van der Waals surface area (Å²) >= 11 is 0. The molecule has 0 unspecified atom stereocenters. The number of benzene rings is 1. The summed E-state index contributed by atoms with van der Waals surface area (Å²) in [7, 11) is 2.09. The molecule has 0 bridgehead atoms. The van der Waals surface area contributed by atoms with Gasteiger partial charge in [-0.3, -0.25) is 4.98 Å². The molecule has 1 aliphatic heterocycles. The molecule has 6 nitrogen and oxygen atoms in total. The van der Waals surface area contributed by atoms with Crippen molar-refractivity contribution in [2.45, 2.75) is 0 Å². The summed E-state index contributed by atoms with van der Waals surface area (Å²) in [6.07, 6.45) is 1.67. The fourth-order valence-electron chi connectivity index (χ4n) is 2.55. The Hall–Kier alpha value is -2.76. The number of para-hydroxylation sites is 2. The first-order valence-corrected chi connectivity index (χ1v) is 6.72. The number of nitrogens with two attached hydrogens (primary N) is 1. The molecule has 1 aromatic heterocycles. The lowest BCUT2D eigenvalue weighted by molar-refractivity contribution is 0.318. The minimum atomic E-state index is 0.0132. The van der Waals surface area contributed by atoms with Gasteiger partial charge in [0.15, 0.2) is 5.84 Å². The number of pyridine rings is 1. The van der Waals surface area contributed by atoms with Crippen LogP contribution < -0.4 is 15.5 Å². The standard InChI is InChI=1S/C15H17N5O/c1-19-8-9-20(14-5-3-2-4-13(14)19)11-6-7-17-12(10-11)15(16)18-21/h2-7,10,21H,8-9H2,1H3,(H2,16,18). The number of oxime groups is 1. The maximum absolute atomic E-state index is 8.78. The molecule has 0 saturated heterocycles. The second-order valence-corrected chi connectivity index (χ2v) is 4.95. The third-order valence-corrected chi connectivity index (χ3v) is 3.67. The highest BCUT2D eigenvalue weighted by molar-refractivity contribution is 5.96. The van der Waals surface area contributed by atoms with E-state index in [9.17, 15) is 0 Å². The second-order valence-electron chi connectivity index (χ2n) is 4.95. The van der Waals surface area contributed by atoms with E-state index in [1.54, 1.807) is 6.20 Å². The molecule has 2 heterocycles. The van der Waals surface area contributed by atoms with Gasteiger partial charge in [-0.25, -0.2) is 0 Å². The van der Waals surface area contributed by atoms with Gasteiger partial charge in [0.25, 0.3) is 0 Å². The van der Waals surface area contributed by atoms with Crippen LogP contribution in [0.1, 0.15) is 5.69 Å². The minimum absolute atomic E-state index is 0.0132. The number of likely N-dealkylation sites (N-methyl/N-ethyl adjacent to an activating group) is 1. The van der Waals surface area contributed by atoms with E-state index in [0.717, 1.165) is 24.5 Å². The summed E-state index contributed by atoms with van der Waals surface area (Å²) < 4.78 is 0. The maximum atomic E-state index is 8.78. The zero-order chi connectivity index (χ0) is 14.8. The summed E-state index contributed by atoms with van der Waals surface area (Å²) in [5.41, 5.74) is 9.39. The van der Waals surface area contributed by atoms with Crippen LogP contribution in [0.3, 0.4) is 0 Å². The first-order chi connectivity index (χ1) is 10.2. The van der Waals surface area contributed by atoms with Gasteiger partial charge >= 0.3 is 0 Å². The molecule has 0 fully saturated rings. The van der Waals surface area contributed by atoms with Crippen molar-refractivity contribution in [2.75, 3.05) is 29.9 Å². The number of nitrogens with zero attached hydrogens (tertiary/aromatic N) is 4. The topological polar surface area (TPSA) is 78.0 Å². The van der Waals surface area contributed by atoms with Crippen LogP contribution in [-0.4, -0.2) is 36.2 Å². The molecule has 3 rings (SSSR count). The Morgan fingerprint density at radius 1 is 1.24 bits per heavy atom. The average molecular weight is 283 g/mol. The molecular formula is C15H17N5O. The minimum Gasteiger partial charge on any atom is -0.409 e. The van der Waals surface area contributed by atoms with E-state index in [4.69, 9.17) is 10.9 Å². The van der Waals surface area contributed by atoms with Crippen LogP contribution in [0, 0.1) is 0 Å². The van der Waals surface area contributed by atoms with E-state index in [-0.39, 0.29) is 5.84 Å². The van der Waals surface area contributed by atoms with E-state index in [2.05, 4.69) is 39.1 Å². The number of rotatable bonds is 2. The summed E-state index contributed by atoms with van der Waals surface area (Å²) in [6, 6.07) is 12.0. The maximum Gasteiger partial charge on any atom is 0.188 e. The molecule has 0 radical (unpaired) electrons. The molecule has 1 aromatic carbocycles. The van der Waals surface area contributed by atoms with Crippen LogP contribution in [0.15, 0.2) is 47.8 Å². The van der Waals surface area contributed by atoms with Crippen molar-refractivity contribution in [1.29, 1.82) is 0 Å². The van der Waals surface area contributed by atoms with Crippen LogP contribution in [0.5, 0.6) is 0 Å². The number of hydrogen-bond donors (Lipinski definition) is 2. The highest BCUT2D eigenvalue weighted by Gasteiger charge is 2.21. The average Bonchev–Trinajstić information content (AvgIpc) is 2.55. The Balaban J connectivity index is 2.04. The molecule has 0 aliphatic carbocycles. The van der Waals surface area contributed by atoms with Gasteiger partial charge in [-0.05, 0) is 24.3 Å². The molecule has 21 heavy (non-hydrogen) atoms. The Morgan fingerprint density at radius 2 is 2.00 bits per heavy atom. The number of amidine groups is 1. The smallest absolute Gasteiger partial charge is 0.188 e. The zero-order valence-electron chi connectivity index (χ0n) is 11.8. The van der Waals surface area contributed by atoms with Gasteiger partial charge < -0.3 is 20.7 Å². The summed E-state index contributed by atoms with van der Waals surface area (Å²) in [4.78, 5) is 8.57. The van der Waals surface area contributed by atoms with Gasteiger partial charge in [-0.2, -0.15) is 0 Å². The van der Waals surface area contributed by atoms with Crippen molar-refractivity contribution in [3.05, 3.63) is 48.3 Å². The first kappa shape index (κ1) is 13.2. The molecule has 0 amide bonds. The lowest BCUT2D eigenvalue weighted by Gasteiger charge is -2.37. The van der Waals surface area contributed by atoms with Crippen molar-refractivity contribution in [1.82, 2.24) is 4.98 Å². The fourth-order valence-corrected chi connectivity index (χ4v) is 2.55. The van der Waals surface area contributed by atoms with Crippen LogP contribution >= 0.6 is 0 Å². The van der Waals surface area contributed by atoms with Gasteiger partial charge in [0.1, 0.15) is 5.69 Å². The van der Waals surface area contributed by atoms with E-state index >= 15 is 0 Å². The predicted molar refractivity (Wildman–Crippen MR) is 83.5 cm³/mol. The van der Waals surface area contributed by atoms with E-state index < -0.39 is 0 Å². The SMILES string of the molecule is CN1CCN(c2ccnc(C(N)=NO)c2)c2ccccc21. The number of aromatic nitrogens is 1. The van der Waals surface area contributed by atoms with E-state index in [1.807, 2.05) is 24.3 Å². The van der Waals surface area contributed by atoms with Gasteiger partial charge in [-0.1, -0.05) is 17.3 Å². The van der Waals surface area contributed by atoms with Crippen molar-refractivity contribution >= 4 is 22.9 Å². The molecule has 0 spiro atoms.